The Labute approximate surface area is 192 Å². The fraction of sp³-hybridized carbons (Fsp3) is 0.333. The maximum absolute atomic E-state index is 12.2. The molecule has 2 aromatic rings. The van der Waals surface area contributed by atoms with Crippen LogP contribution in [-0.2, 0) is 13.1 Å². The second kappa shape index (κ2) is 13.0. The highest BCUT2D eigenvalue weighted by Gasteiger charge is 2.09. The lowest BCUT2D eigenvalue weighted by Crippen LogP contribution is -2.38. The quantitative estimate of drug-likeness (QED) is 0.308. The number of carbonyl (C=O) groups is 1. The minimum atomic E-state index is -2.83. The van der Waals surface area contributed by atoms with Gasteiger partial charge in [-0.15, -0.1) is 24.0 Å². The van der Waals surface area contributed by atoms with Gasteiger partial charge in [-0.05, 0) is 42.3 Å². The van der Waals surface area contributed by atoms with Crippen LogP contribution in [0.25, 0.3) is 0 Å². The first-order valence-corrected chi connectivity index (χ1v) is 9.25. The van der Waals surface area contributed by atoms with E-state index in [-0.39, 0.29) is 35.6 Å². The average Bonchev–Trinajstić information content (AvgIpc) is 2.70. The van der Waals surface area contributed by atoms with Crippen LogP contribution < -0.4 is 15.4 Å². The second-order valence-corrected chi connectivity index (χ2v) is 6.34. The minimum Gasteiger partial charge on any atom is -0.435 e. The summed E-state index contributed by atoms with van der Waals surface area (Å²) in [5, 5.41) is 6.03. The van der Waals surface area contributed by atoms with E-state index >= 15 is 0 Å². The molecule has 0 unspecified atom stereocenters. The highest BCUT2D eigenvalue weighted by molar-refractivity contribution is 14.0. The van der Waals surface area contributed by atoms with E-state index < -0.39 is 6.61 Å². The van der Waals surface area contributed by atoms with Gasteiger partial charge in [-0.3, -0.25) is 9.79 Å². The molecular weight excluding hydrogens is 505 g/mol. The molecule has 0 aliphatic rings. The lowest BCUT2D eigenvalue weighted by molar-refractivity contribution is -0.0498. The molecule has 0 radical (unpaired) electrons. The van der Waals surface area contributed by atoms with Crippen molar-refractivity contribution < 1.29 is 18.3 Å². The number of nitrogens with one attached hydrogen (secondary N) is 2. The number of alkyl halides is 2. The molecule has 1 amide bonds. The van der Waals surface area contributed by atoms with E-state index in [2.05, 4.69) is 20.4 Å². The first kappa shape index (κ1) is 25.6. The smallest absolute Gasteiger partial charge is 0.387 e. The Kier molecular flexibility index (Phi) is 11.1. The van der Waals surface area contributed by atoms with Gasteiger partial charge in [0.05, 0.1) is 0 Å². The summed E-state index contributed by atoms with van der Waals surface area (Å²) in [6.07, 6.45) is 0. The van der Waals surface area contributed by atoms with Gasteiger partial charge in [0, 0.05) is 39.3 Å². The van der Waals surface area contributed by atoms with Gasteiger partial charge < -0.3 is 20.3 Å². The van der Waals surface area contributed by atoms with Crippen LogP contribution in [-0.4, -0.2) is 44.0 Å². The van der Waals surface area contributed by atoms with Crippen molar-refractivity contribution >= 4 is 35.8 Å². The van der Waals surface area contributed by atoms with E-state index in [4.69, 9.17) is 0 Å². The molecule has 164 valence electrons. The Bertz CT molecular complexity index is 815. The van der Waals surface area contributed by atoms with Crippen LogP contribution in [0.1, 0.15) is 28.4 Å². The first-order valence-electron chi connectivity index (χ1n) is 9.25. The maximum atomic E-state index is 12.2. The lowest BCUT2D eigenvalue weighted by atomic mass is 10.1. The van der Waals surface area contributed by atoms with Crippen LogP contribution in [0, 0.1) is 0 Å². The summed E-state index contributed by atoms with van der Waals surface area (Å²) in [5.41, 5.74) is 2.57. The molecule has 0 aliphatic heterocycles. The third kappa shape index (κ3) is 8.13. The van der Waals surface area contributed by atoms with Crippen LogP contribution in [0.5, 0.6) is 5.75 Å². The Morgan fingerprint density at radius 1 is 1.07 bits per heavy atom. The van der Waals surface area contributed by atoms with Gasteiger partial charge in [0.1, 0.15) is 5.75 Å². The number of guanidine groups is 1. The summed E-state index contributed by atoms with van der Waals surface area (Å²) in [5.74, 6) is 0.725. The number of ether oxygens (including phenoxy) is 1. The van der Waals surface area contributed by atoms with Crippen molar-refractivity contribution in [2.75, 3.05) is 20.6 Å². The van der Waals surface area contributed by atoms with Gasteiger partial charge in [0.2, 0.25) is 0 Å². The summed E-state index contributed by atoms with van der Waals surface area (Å²) in [7, 11) is 3.58. The van der Waals surface area contributed by atoms with Crippen molar-refractivity contribution in [1.29, 1.82) is 0 Å². The van der Waals surface area contributed by atoms with E-state index in [9.17, 15) is 13.6 Å². The van der Waals surface area contributed by atoms with Gasteiger partial charge in [0.15, 0.2) is 5.96 Å². The van der Waals surface area contributed by atoms with E-state index in [1.807, 2.05) is 31.0 Å². The number of halogens is 3. The molecule has 9 heteroatoms. The van der Waals surface area contributed by atoms with Crippen LogP contribution in [0.15, 0.2) is 53.5 Å². The van der Waals surface area contributed by atoms with Crippen LogP contribution >= 0.6 is 24.0 Å². The normalized spacial score (nSPS) is 10.9. The van der Waals surface area contributed by atoms with E-state index in [1.54, 1.807) is 31.3 Å². The summed E-state index contributed by atoms with van der Waals surface area (Å²) < 4.78 is 28.8. The highest BCUT2D eigenvalue weighted by Crippen LogP contribution is 2.15. The molecule has 0 bridgehead atoms. The SMILES string of the molecule is CCNC(=O)c1ccc(CNC(=NC)N(C)Cc2ccc(OC(F)F)cc2)cc1.I. The molecule has 0 aromatic heterocycles. The van der Waals surface area contributed by atoms with Gasteiger partial charge in [0.25, 0.3) is 5.91 Å². The largest absolute Gasteiger partial charge is 0.435 e. The van der Waals surface area contributed by atoms with Crippen molar-refractivity contribution in [2.45, 2.75) is 26.6 Å². The molecule has 0 fully saturated rings. The molecule has 30 heavy (non-hydrogen) atoms. The zero-order valence-corrected chi connectivity index (χ0v) is 19.5. The fourth-order valence-corrected chi connectivity index (χ4v) is 2.73. The average molecular weight is 532 g/mol. The standard InChI is InChI=1S/C21H26F2N4O2.HI/c1-4-25-19(28)17-9-5-15(6-10-17)13-26-21(24-2)27(3)14-16-7-11-18(12-8-16)29-20(22)23;/h5-12,20H,4,13-14H2,1-3H3,(H,24,26)(H,25,28);1H. The molecule has 0 saturated carbocycles. The minimum absolute atomic E-state index is 0. The van der Waals surface area contributed by atoms with Crippen molar-refractivity contribution in [2.24, 2.45) is 4.99 Å². The van der Waals surface area contributed by atoms with Crippen LogP contribution in [0.2, 0.25) is 0 Å². The number of aliphatic imine (C=N–C) groups is 1. The van der Waals surface area contributed by atoms with Crippen molar-refractivity contribution in [1.82, 2.24) is 15.5 Å². The Morgan fingerprint density at radius 3 is 2.20 bits per heavy atom. The summed E-state index contributed by atoms with van der Waals surface area (Å²) in [6.45, 7) is 0.733. The Hall–Kier alpha value is -2.43. The van der Waals surface area contributed by atoms with Gasteiger partial charge >= 0.3 is 6.61 Å². The summed E-state index contributed by atoms with van der Waals surface area (Å²) >= 11 is 0. The molecule has 0 heterocycles. The first-order chi connectivity index (χ1) is 13.9. The zero-order chi connectivity index (χ0) is 21.2. The highest BCUT2D eigenvalue weighted by atomic mass is 127. The number of hydrogen-bond acceptors (Lipinski definition) is 3. The number of amides is 1. The summed E-state index contributed by atoms with van der Waals surface area (Å²) in [4.78, 5) is 18.0. The predicted octanol–water partition coefficient (Wildman–Crippen LogP) is 3.86. The molecule has 0 aliphatic carbocycles. The van der Waals surface area contributed by atoms with Crippen LogP contribution in [0.3, 0.4) is 0 Å². The molecule has 2 aromatic carbocycles. The van der Waals surface area contributed by atoms with E-state index in [0.717, 1.165) is 11.1 Å². The predicted molar refractivity (Wildman–Crippen MR) is 125 cm³/mol. The monoisotopic (exact) mass is 532 g/mol. The zero-order valence-electron chi connectivity index (χ0n) is 17.2. The third-order valence-corrected chi connectivity index (χ3v) is 4.15. The molecule has 0 saturated heterocycles. The van der Waals surface area contributed by atoms with Crippen LogP contribution in [0.4, 0.5) is 8.78 Å². The maximum Gasteiger partial charge on any atom is 0.387 e. The lowest BCUT2D eigenvalue weighted by Gasteiger charge is -2.22. The van der Waals surface area contributed by atoms with Crippen molar-refractivity contribution in [3.05, 3.63) is 65.2 Å². The van der Waals surface area contributed by atoms with E-state index in [0.29, 0.717) is 31.2 Å². The number of rotatable bonds is 8. The van der Waals surface area contributed by atoms with Gasteiger partial charge in [-0.1, -0.05) is 24.3 Å². The second-order valence-electron chi connectivity index (χ2n) is 6.34. The Balaban J connectivity index is 0.00000450. The number of carbonyl (C=O) groups excluding carboxylic acids is 1. The van der Waals surface area contributed by atoms with Crippen molar-refractivity contribution in [3.8, 4) is 5.75 Å². The molecule has 2 N–H and O–H groups in total. The molecular formula is C21H27F2IN4O2. The number of hydrogen-bond donors (Lipinski definition) is 2. The van der Waals surface area contributed by atoms with Gasteiger partial charge in [-0.2, -0.15) is 8.78 Å². The summed E-state index contributed by atoms with van der Waals surface area (Å²) in [6, 6.07) is 13.9. The number of nitrogens with zero attached hydrogens (tertiary/aromatic N) is 2. The molecule has 2 rings (SSSR count). The Morgan fingerprint density at radius 2 is 1.67 bits per heavy atom. The fourth-order valence-electron chi connectivity index (χ4n) is 2.73. The van der Waals surface area contributed by atoms with Gasteiger partial charge in [-0.25, -0.2) is 0 Å². The third-order valence-electron chi connectivity index (χ3n) is 4.15. The number of benzene rings is 2. The van der Waals surface area contributed by atoms with E-state index in [1.165, 1.54) is 12.1 Å². The molecule has 6 nitrogen and oxygen atoms in total. The molecule has 0 atom stereocenters. The van der Waals surface area contributed by atoms with Crippen molar-refractivity contribution in [3.63, 3.8) is 0 Å². The topological polar surface area (TPSA) is 66.0 Å². The molecule has 0 spiro atoms.